The molecule has 0 saturated heterocycles. The number of nitrogens with zero attached hydrogens (tertiary/aromatic N) is 4. The molecule has 1 aliphatic rings. The van der Waals surface area contributed by atoms with Gasteiger partial charge in [0.1, 0.15) is 5.82 Å². The van der Waals surface area contributed by atoms with Gasteiger partial charge in [-0.1, -0.05) is 66.8 Å². The number of aryl methyl sites for hydroxylation is 1. The van der Waals surface area contributed by atoms with Crippen LogP contribution in [0, 0.1) is 6.92 Å². The first-order valence-electron chi connectivity index (χ1n) is 11.9. The fraction of sp³-hybridized carbons (Fsp3) is 0.310. The van der Waals surface area contributed by atoms with E-state index in [2.05, 4.69) is 96.0 Å². The zero-order valence-corrected chi connectivity index (χ0v) is 20.9. The number of rotatable bonds is 7. The Labute approximate surface area is 203 Å². The summed E-state index contributed by atoms with van der Waals surface area (Å²) in [6.07, 6.45) is 6.05. The minimum atomic E-state index is 0.634. The topological polar surface area (TPSA) is 49.7 Å². The molecule has 0 amide bonds. The molecule has 5 nitrogen and oxygen atoms in total. The number of hydrogen-bond acceptors (Lipinski definition) is 3. The van der Waals surface area contributed by atoms with Crippen LogP contribution in [0.15, 0.2) is 78.6 Å². The van der Waals surface area contributed by atoms with Gasteiger partial charge in [0, 0.05) is 37.3 Å². The zero-order valence-electron chi connectivity index (χ0n) is 20.9. The van der Waals surface area contributed by atoms with Crippen LogP contribution in [-0.4, -0.2) is 37.7 Å². The second kappa shape index (κ2) is 10.1. The number of aromatic nitrogens is 4. The Balaban J connectivity index is 1.56. The second-order valence-electron chi connectivity index (χ2n) is 9.28. The number of allylic oxidation sites excluding steroid dienone is 6. The van der Waals surface area contributed by atoms with Crippen LogP contribution < -0.4 is 0 Å². The van der Waals surface area contributed by atoms with Gasteiger partial charge in [0.25, 0.3) is 0 Å². The second-order valence-corrected chi connectivity index (χ2v) is 9.28. The van der Waals surface area contributed by atoms with E-state index in [4.69, 9.17) is 5.10 Å². The Morgan fingerprint density at radius 3 is 2.53 bits per heavy atom. The van der Waals surface area contributed by atoms with Gasteiger partial charge in [0.15, 0.2) is 0 Å². The van der Waals surface area contributed by atoms with E-state index >= 15 is 0 Å². The van der Waals surface area contributed by atoms with Crippen LogP contribution in [0.25, 0.3) is 16.8 Å². The van der Waals surface area contributed by atoms with Crippen molar-refractivity contribution in [3.05, 3.63) is 101 Å². The summed E-state index contributed by atoms with van der Waals surface area (Å²) >= 11 is 0. The van der Waals surface area contributed by atoms with E-state index in [9.17, 15) is 0 Å². The summed E-state index contributed by atoms with van der Waals surface area (Å²) in [5.74, 6) is 1.00. The fourth-order valence-corrected chi connectivity index (χ4v) is 4.20. The average Bonchev–Trinajstić information content (AvgIpc) is 3.34. The fourth-order valence-electron chi connectivity index (χ4n) is 4.20. The molecule has 0 spiro atoms. The number of imidazole rings is 1. The van der Waals surface area contributed by atoms with Crippen molar-refractivity contribution < 1.29 is 0 Å². The molecule has 0 aliphatic carbocycles. The van der Waals surface area contributed by atoms with Crippen molar-refractivity contribution in [2.75, 3.05) is 13.1 Å². The highest BCUT2D eigenvalue weighted by atomic mass is 15.3. The third-order valence-corrected chi connectivity index (χ3v) is 6.51. The van der Waals surface area contributed by atoms with Crippen molar-refractivity contribution in [3.8, 4) is 11.3 Å². The lowest BCUT2D eigenvalue weighted by molar-refractivity contribution is 0.338. The van der Waals surface area contributed by atoms with Gasteiger partial charge < -0.3 is 9.88 Å². The molecule has 0 saturated carbocycles. The van der Waals surface area contributed by atoms with Gasteiger partial charge in [-0.25, -0.2) is 4.98 Å². The molecule has 1 aliphatic heterocycles. The monoisotopic (exact) mass is 453 g/mol. The molecule has 3 aromatic rings. The molecule has 2 aromatic heterocycles. The maximum Gasteiger partial charge on any atom is 0.103 e. The Morgan fingerprint density at radius 1 is 1.06 bits per heavy atom. The van der Waals surface area contributed by atoms with Crippen LogP contribution in [0.4, 0.5) is 0 Å². The molecule has 5 heteroatoms. The van der Waals surface area contributed by atoms with Crippen LogP contribution in [0.5, 0.6) is 0 Å². The Hall–Kier alpha value is -3.60. The summed E-state index contributed by atoms with van der Waals surface area (Å²) in [7, 11) is 0. The molecular formula is C29H35N5. The van der Waals surface area contributed by atoms with Crippen LogP contribution in [0.3, 0.4) is 0 Å². The Bertz CT molecular complexity index is 1220. The smallest absolute Gasteiger partial charge is 0.103 e. The van der Waals surface area contributed by atoms with E-state index in [1.165, 1.54) is 22.5 Å². The van der Waals surface area contributed by atoms with Gasteiger partial charge in [-0.3, -0.25) is 4.68 Å². The number of hydrogen-bond donors (Lipinski definition) is 1. The van der Waals surface area contributed by atoms with Crippen molar-refractivity contribution in [1.29, 1.82) is 0 Å². The van der Waals surface area contributed by atoms with Crippen LogP contribution in [0.2, 0.25) is 0 Å². The van der Waals surface area contributed by atoms with Crippen molar-refractivity contribution in [3.63, 3.8) is 0 Å². The van der Waals surface area contributed by atoms with Crippen molar-refractivity contribution in [1.82, 2.24) is 24.6 Å². The average molecular weight is 454 g/mol. The van der Waals surface area contributed by atoms with Crippen LogP contribution in [-0.2, 0) is 19.4 Å². The minimum absolute atomic E-state index is 0.634. The van der Waals surface area contributed by atoms with Crippen LogP contribution in [0.1, 0.15) is 43.7 Å². The standard InChI is InChI=1S/C29H35N5/c1-20(2)21(3)12-13-22(4)28-18-29(25-10-8-7-9-11-25)34(32-28)19-23(5)33-16-14-26-27(15-17-33)31-24(6)30-26/h7-13,18H,4-5,14-17,19H2,1-3,6H3,(H,30,31)/b13-12-. The van der Waals surface area contributed by atoms with E-state index in [-0.39, 0.29) is 0 Å². The number of H-pyrrole nitrogens is 1. The van der Waals surface area contributed by atoms with Crippen LogP contribution >= 0.6 is 0 Å². The number of aromatic amines is 1. The maximum absolute atomic E-state index is 4.95. The highest BCUT2D eigenvalue weighted by molar-refractivity contribution is 5.74. The summed E-state index contributed by atoms with van der Waals surface area (Å²) in [5, 5.41) is 4.95. The molecule has 1 N–H and O–H groups in total. The highest BCUT2D eigenvalue weighted by Gasteiger charge is 2.19. The van der Waals surface area contributed by atoms with E-state index < -0.39 is 0 Å². The van der Waals surface area contributed by atoms with E-state index in [1.54, 1.807) is 0 Å². The van der Waals surface area contributed by atoms with E-state index in [0.29, 0.717) is 6.54 Å². The molecule has 0 bridgehead atoms. The van der Waals surface area contributed by atoms with E-state index in [1.807, 2.05) is 13.0 Å². The third kappa shape index (κ3) is 5.30. The van der Waals surface area contributed by atoms with Gasteiger partial charge in [-0.05, 0) is 44.9 Å². The predicted molar refractivity (Wildman–Crippen MR) is 141 cm³/mol. The van der Waals surface area contributed by atoms with Crippen molar-refractivity contribution in [2.24, 2.45) is 0 Å². The summed E-state index contributed by atoms with van der Waals surface area (Å²) in [6, 6.07) is 12.5. The molecular weight excluding hydrogens is 418 g/mol. The quantitative estimate of drug-likeness (QED) is 0.438. The molecule has 1 aromatic carbocycles. The first-order valence-corrected chi connectivity index (χ1v) is 11.9. The molecule has 3 heterocycles. The summed E-state index contributed by atoms with van der Waals surface area (Å²) in [6.45, 7) is 19.6. The third-order valence-electron chi connectivity index (χ3n) is 6.51. The zero-order chi connectivity index (χ0) is 24.2. The lowest BCUT2D eigenvalue weighted by Gasteiger charge is -2.25. The summed E-state index contributed by atoms with van der Waals surface area (Å²) in [5.41, 5.74) is 10.0. The molecule has 0 atom stereocenters. The predicted octanol–water partition coefficient (Wildman–Crippen LogP) is 6.12. The highest BCUT2D eigenvalue weighted by Crippen LogP contribution is 2.26. The van der Waals surface area contributed by atoms with Gasteiger partial charge in [0.05, 0.1) is 23.6 Å². The number of fused-ring (bicyclic) bond motifs is 1. The number of nitrogens with one attached hydrogen (secondary N) is 1. The van der Waals surface area contributed by atoms with E-state index in [0.717, 1.165) is 60.0 Å². The first-order chi connectivity index (χ1) is 16.3. The van der Waals surface area contributed by atoms with Gasteiger partial charge >= 0.3 is 0 Å². The minimum Gasteiger partial charge on any atom is -0.373 e. The molecule has 34 heavy (non-hydrogen) atoms. The molecule has 4 rings (SSSR count). The van der Waals surface area contributed by atoms with Crippen molar-refractivity contribution >= 4 is 5.57 Å². The molecule has 176 valence electrons. The molecule has 0 fully saturated rings. The van der Waals surface area contributed by atoms with Gasteiger partial charge in [0.2, 0.25) is 0 Å². The Kier molecular flexibility index (Phi) is 7.01. The normalized spacial score (nSPS) is 13.6. The summed E-state index contributed by atoms with van der Waals surface area (Å²) in [4.78, 5) is 10.4. The lowest BCUT2D eigenvalue weighted by atomic mass is 10.1. The summed E-state index contributed by atoms with van der Waals surface area (Å²) < 4.78 is 2.06. The maximum atomic E-state index is 4.95. The molecule has 0 unspecified atom stereocenters. The largest absolute Gasteiger partial charge is 0.373 e. The van der Waals surface area contributed by atoms with Crippen molar-refractivity contribution in [2.45, 2.75) is 47.1 Å². The lowest BCUT2D eigenvalue weighted by Crippen LogP contribution is -2.28. The first kappa shape index (κ1) is 23.6. The Morgan fingerprint density at radius 2 is 1.79 bits per heavy atom. The van der Waals surface area contributed by atoms with Gasteiger partial charge in [-0.2, -0.15) is 5.10 Å². The molecule has 0 radical (unpaired) electrons. The van der Waals surface area contributed by atoms with Gasteiger partial charge in [-0.15, -0.1) is 0 Å². The SMILES string of the molecule is C=C(/C=C\C(C)=C(C)C)c1cc(-c2ccccc2)n(CC(=C)N2CCc3nc(C)[nH]c3CC2)n1. The number of benzene rings is 1.